The van der Waals surface area contributed by atoms with Crippen molar-refractivity contribution in [3.05, 3.63) is 24.0 Å². The number of nitrogens with one attached hydrogen (secondary N) is 1. The van der Waals surface area contributed by atoms with Crippen molar-refractivity contribution in [3.63, 3.8) is 0 Å². The van der Waals surface area contributed by atoms with Crippen molar-refractivity contribution in [1.82, 2.24) is 9.97 Å². The number of aryl methyl sites for hydroxylation is 1. The number of alkyl halides is 1. The van der Waals surface area contributed by atoms with E-state index >= 15 is 0 Å². The van der Waals surface area contributed by atoms with E-state index < -0.39 is 9.84 Å². The second kappa shape index (κ2) is 4.07. The zero-order valence-corrected chi connectivity index (χ0v) is 10.3. The number of aromatic nitrogens is 2. The van der Waals surface area contributed by atoms with Gasteiger partial charge in [-0.05, 0) is 12.1 Å². The maximum atomic E-state index is 11.5. The average Bonchev–Trinajstić information content (AvgIpc) is 2.58. The predicted molar refractivity (Wildman–Crippen MR) is 63.6 cm³/mol. The maximum absolute atomic E-state index is 11.5. The van der Waals surface area contributed by atoms with Crippen LogP contribution in [0.15, 0.2) is 23.1 Å². The molecule has 0 bridgehead atoms. The first-order valence-corrected chi connectivity index (χ1v) is 7.18. The smallest absolute Gasteiger partial charge is 0.177 e. The maximum Gasteiger partial charge on any atom is 0.177 e. The van der Waals surface area contributed by atoms with Crippen LogP contribution in [-0.4, -0.2) is 30.5 Å². The standard InChI is InChI=1S/C10H11ClN2O2S/c1-16(14,15)8-4-2-3-7-10(8)13-9(12-7)5-6-11/h2-4H,5-6H2,1H3,(H,12,13). The van der Waals surface area contributed by atoms with Crippen LogP contribution in [0.2, 0.25) is 0 Å². The zero-order valence-electron chi connectivity index (χ0n) is 8.70. The minimum Gasteiger partial charge on any atom is -0.342 e. The molecular formula is C10H11ClN2O2S. The Morgan fingerprint density at radius 1 is 1.44 bits per heavy atom. The third-order valence-electron chi connectivity index (χ3n) is 2.26. The first kappa shape index (κ1) is 11.4. The van der Waals surface area contributed by atoms with Crippen LogP contribution in [0.4, 0.5) is 0 Å². The van der Waals surface area contributed by atoms with E-state index in [0.717, 1.165) is 5.52 Å². The Kier molecular flexibility index (Phi) is 2.90. The number of aromatic amines is 1. The number of sulfone groups is 1. The summed E-state index contributed by atoms with van der Waals surface area (Å²) in [6, 6.07) is 5.05. The number of imidazole rings is 1. The Labute approximate surface area is 98.6 Å². The third-order valence-corrected chi connectivity index (χ3v) is 3.57. The van der Waals surface area contributed by atoms with Gasteiger partial charge in [0.15, 0.2) is 9.84 Å². The Morgan fingerprint density at radius 3 is 2.81 bits per heavy atom. The molecule has 0 aliphatic heterocycles. The van der Waals surface area contributed by atoms with Crippen molar-refractivity contribution >= 4 is 32.5 Å². The van der Waals surface area contributed by atoms with Gasteiger partial charge in [-0.1, -0.05) is 6.07 Å². The molecule has 2 rings (SSSR count). The summed E-state index contributed by atoms with van der Waals surface area (Å²) in [5.41, 5.74) is 1.22. The van der Waals surface area contributed by atoms with E-state index in [-0.39, 0.29) is 4.90 Å². The first-order chi connectivity index (χ1) is 7.52. The number of halogens is 1. The van der Waals surface area contributed by atoms with Crippen molar-refractivity contribution in [3.8, 4) is 0 Å². The molecule has 1 aromatic carbocycles. The molecule has 0 aliphatic carbocycles. The van der Waals surface area contributed by atoms with Gasteiger partial charge in [-0.3, -0.25) is 0 Å². The topological polar surface area (TPSA) is 62.8 Å². The van der Waals surface area contributed by atoms with Crippen LogP contribution in [0.1, 0.15) is 5.82 Å². The molecule has 1 N–H and O–H groups in total. The lowest BCUT2D eigenvalue weighted by molar-refractivity contribution is 0.602. The molecule has 0 saturated carbocycles. The molecule has 2 aromatic rings. The van der Waals surface area contributed by atoms with Crippen LogP contribution in [0.3, 0.4) is 0 Å². The Balaban J connectivity index is 2.68. The van der Waals surface area contributed by atoms with Gasteiger partial charge in [0.1, 0.15) is 11.3 Å². The molecule has 86 valence electrons. The summed E-state index contributed by atoms with van der Waals surface area (Å²) >= 11 is 5.62. The second-order valence-electron chi connectivity index (χ2n) is 3.55. The molecule has 16 heavy (non-hydrogen) atoms. The van der Waals surface area contributed by atoms with E-state index in [2.05, 4.69) is 9.97 Å². The first-order valence-electron chi connectivity index (χ1n) is 4.76. The number of nitrogens with zero attached hydrogens (tertiary/aromatic N) is 1. The molecule has 0 saturated heterocycles. The fraction of sp³-hybridized carbons (Fsp3) is 0.300. The number of hydrogen-bond acceptors (Lipinski definition) is 3. The number of hydrogen-bond donors (Lipinski definition) is 1. The fourth-order valence-electron chi connectivity index (χ4n) is 1.56. The molecule has 0 amide bonds. The predicted octanol–water partition coefficient (Wildman–Crippen LogP) is 1.75. The Morgan fingerprint density at radius 2 is 2.19 bits per heavy atom. The number of fused-ring (bicyclic) bond motifs is 1. The third kappa shape index (κ3) is 2.05. The highest BCUT2D eigenvalue weighted by atomic mass is 35.5. The SMILES string of the molecule is CS(=O)(=O)c1cccc2[nH]c(CCCl)nc12. The lowest BCUT2D eigenvalue weighted by Gasteiger charge is -1.97. The van der Waals surface area contributed by atoms with E-state index in [4.69, 9.17) is 11.6 Å². The van der Waals surface area contributed by atoms with E-state index in [1.54, 1.807) is 18.2 Å². The van der Waals surface area contributed by atoms with E-state index in [1.165, 1.54) is 6.26 Å². The highest BCUT2D eigenvalue weighted by molar-refractivity contribution is 7.91. The molecule has 0 unspecified atom stereocenters. The Bertz CT molecular complexity index is 619. The number of H-pyrrole nitrogens is 1. The average molecular weight is 259 g/mol. The number of rotatable bonds is 3. The van der Waals surface area contributed by atoms with E-state index in [1.807, 2.05) is 0 Å². The van der Waals surface area contributed by atoms with Crippen molar-refractivity contribution in [2.24, 2.45) is 0 Å². The van der Waals surface area contributed by atoms with Crippen molar-refractivity contribution in [2.45, 2.75) is 11.3 Å². The molecule has 0 atom stereocenters. The summed E-state index contributed by atoms with van der Waals surface area (Å²) in [5, 5.41) is 0. The molecular weight excluding hydrogens is 248 g/mol. The van der Waals surface area contributed by atoms with Crippen molar-refractivity contribution in [1.29, 1.82) is 0 Å². The van der Waals surface area contributed by atoms with Crippen LogP contribution in [0, 0.1) is 0 Å². The quantitative estimate of drug-likeness (QED) is 0.853. The summed E-state index contributed by atoms with van der Waals surface area (Å²) in [4.78, 5) is 7.55. The summed E-state index contributed by atoms with van der Waals surface area (Å²) in [5.74, 6) is 1.16. The van der Waals surface area contributed by atoms with Crippen molar-refractivity contribution in [2.75, 3.05) is 12.1 Å². The van der Waals surface area contributed by atoms with Gasteiger partial charge in [0, 0.05) is 18.6 Å². The van der Waals surface area contributed by atoms with Gasteiger partial charge >= 0.3 is 0 Å². The molecule has 0 fully saturated rings. The minimum atomic E-state index is -3.25. The molecule has 0 spiro atoms. The highest BCUT2D eigenvalue weighted by Crippen LogP contribution is 2.21. The summed E-state index contributed by atoms with van der Waals surface area (Å²) < 4.78 is 23.1. The van der Waals surface area contributed by atoms with Crippen LogP contribution < -0.4 is 0 Å². The molecule has 4 nitrogen and oxygen atoms in total. The highest BCUT2D eigenvalue weighted by Gasteiger charge is 2.14. The zero-order chi connectivity index (χ0) is 11.8. The normalized spacial score (nSPS) is 12.1. The van der Waals surface area contributed by atoms with Gasteiger partial charge in [0.25, 0.3) is 0 Å². The lowest BCUT2D eigenvalue weighted by atomic mass is 10.3. The number of benzene rings is 1. The van der Waals surface area contributed by atoms with Gasteiger partial charge in [-0.25, -0.2) is 13.4 Å². The van der Waals surface area contributed by atoms with Gasteiger partial charge < -0.3 is 4.98 Å². The van der Waals surface area contributed by atoms with Crippen LogP contribution in [0.5, 0.6) is 0 Å². The van der Waals surface area contributed by atoms with Gasteiger partial charge in [0.05, 0.1) is 10.4 Å². The minimum absolute atomic E-state index is 0.252. The second-order valence-corrected chi connectivity index (χ2v) is 5.91. The van der Waals surface area contributed by atoms with Gasteiger partial charge in [0.2, 0.25) is 0 Å². The molecule has 0 aliphatic rings. The Hall–Kier alpha value is -1.07. The molecule has 1 aromatic heterocycles. The van der Waals surface area contributed by atoms with Crippen molar-refractivity contribution < 1.29 is 8.42 Å². The largest absolute Gasteiger partial charge is 0.342 e. The van der Waals surface area contributed by atoms with E-state index in [9.17, 15) is 8.42 Å². The molecule has 6 heteroatoms. The molecule has 0 radical (unpaired) electrons. The van der Waals surface area contributed by atoms with Crippen LogP contribution in [0.25, 0.3) is 11.0 Å². The monoisotopic (exact) mass is 258 g/mol. The summed E-state index contributed by atoms with van der Waals surface area (Å²) in [6.45, 7) is 0. The van der Waals surface area contributed by atoms with Crippen LogP contribution in [-0.2, 0) is 16.3 Å². The molecule has 1 heterocycles. The van der Waals surface area contributed by atoms with Crippen LogP contribution >= 0.6 is 11.6 Å². The van der Waals surface area contributed by atoms with Gasteiger partial charge in [-0.15, -0.1) is 11.6 Å². The fourth-order valence-corrected chi connectivity index (χ4v) is 2.58. The lowest BCUT2D eigenvalue weighted by Crippen LogP contribution is -1.97. The van der Waals surface area contributed by atoms with E-state index in [0.29, 0.717) is 23.6 Å². The van der Waals surface area contributed by atoms with Gasteiger partial charge in [-0.2, -0.15) is 0 Å². The number of para-hydroxylation sites is 1. The summed E-state index contributed by atoms with van der Waals surface area (Å²) in [7, 11) is -3.25. The summed E-state index contributed by atoms with van der Waals surface area (Å²) in [6.07, 6.45) is 1.77.